The van der Waals surface area contributed by atoms with E-state index in [1.54, 1.807) is 91.9 Å². The van der Waals surface area contributed by atoms with Crippen molar-refractivity contribution in [2.75, 3.05) is 4.90 Å². The summed E-state index contributed by atoms with van der Waals surface area (Å²) in [7, 11) is 0. The molecule has 0 spiro atoms. The smallest absolute Gasteiger partial charge is 0.441 e. The SMILES string of the molecule is CC(Cc1cccc(N(C(=O)OCc2ccccc2)C(N)=NC(=O)OCc2ccccc2)c1)C(=O)ONC(=O)OCc1ccccc1. The molecule has 12 nitrogen and oxygen atoms in total. The molecule has 4 rings (SSSR count). The van der Waals surface area contributed by atoms with Gasteiger partial charge < -0.3 is 24.8 Å². The van der Waals surface area contributed by atoms with E-state index in [0.29, 0.717) is 5.56 Å². The van der Waals surface area contributed by atoms with Crippen LogP contribution in [0.15, 0.2) is 120 Å². The topological polar surface area (TPSA) is 159 Å². The van der Waals surface area contributed by atoms with Crippen molar-refractivity contribution in [3.8, 4) is 0 Å². The van der Waals surface area contributed by atoms with Gasteiger partial charge in [-0.2, -0.15) is 0 Å². The Morgan fingerprint density at radius 3 is 1.79 bits per heavy atom. The van der Waals surface area contributed by atoms with Crippen molar-refractivity contribution in [2.45, 2.75) is 33.2 Å². The molecule has 0 fully saturated rings. The standard InChI is InChI=1S/C35H34N4O8/c1-25(31(40)47-38-34(42)45-23-27-14-7-3-8-15-27)20-29-18-11-19-30(21-29)39(35(43)46-24-28-16-9-4-10-17-28)32(36)37-33(41)44-22-26-12-5-2-6-13-26/h2-19,21,25H,20,22-24H2,1H3,(H,38,42)(H2,36,37,41). The van der Waals surface area contributed by atoms with E-state index < -0.39 is 36.1 Å². The highest BCUT2D eigenvalue weighted by Crippen LogP contribution is 2.21. The Balaban J connectivity index is 1.41. The summed E-state index contributed by atoms with van der Waals surface area (Å²) in [5, 5.41) is 0. The molecule has 0 radical (unpaired) electrons. The molecule has 1 unspecified atom stereocenters. The summed E-state index contributed by atoms with van der Waals surface area (Å²) in [6.45, 7) is 1.51. The Kier molecular flexibility index (Phi) is 12.4. The number of hydrogen-bond acceptors (Lipinski definition) is 8. The maximum absolute atomic E-state index is 13.3. The van der Waals surface area contributed by atoms with Crippen LogP contribution in [0.3, 0.4) is 0 Å². The van der Waals surface area contributed by atoms with Crippen LogP contribution in [-0.2, 0) is 50.1 Å². The molecule has 0 heterocycles. The number of hydroxylamine groups is 1. The summed E-state index contributed by atoms with van der Waals surface area (Å²) in [6.07, 6.45) is -2.65. The zero-order valence-corrected chi connectivity index (χ0v) is 25.6. The Hall–Kier alpha value is -6.17. The van der Waals surface area contributed by atoms with Crippen LogP contribution in [0.5, 0.6) is 0 Å². The van der Waals surface area contributed by atoms with Gasteiger partial charge in [0.1, 0.15) is 19.8 Å². The van der Waals surface area contributed by atoms with E-state index >= 15 is 0 Å². The van der Waals surface area contributed by atoms with Crippen LogP contribution in [0, 0.1) is 5.92 Å². The average Bonchev–Trinajstić information content (AvgIpc) is 3.09. The number of hydrogen-bond donors (Lipinski definition) is 2. The second-order valence-corrected chi connectivity index (χ2v) is 10.2. The maximum atomic E-state index is 13.3. The van der Waals surface area contributed by atoms with Crippen molar-refractivity contribution in [1.29, 1.82) is 0 Å². The van der Waals surface area contributed by atoms with Crippen LogP contribution in [0.25, 0.3) is 0 Å². The number of aliphatic imine (C=N–C) groups is 1. The molecule has 242 valence electrons. The van der Waals surface area contributed by atoms with Gasteiger partial charge in [-0.15, -0.1) is 10.5 Å². The fourth-order valence-corrected chi connectivity index (χ4v) is 4.21. The van der Waals surface area contributed by atoms with Crippen molar-refractivity contribution in [2.24, 2.45) is 16.6 Å². The molecular weight excluding hydrogens is 604 g/mol. The van der Waals surface area contributed by atoms with E-state index in [-0.39, 0.29) is 31.9 Å². The summed E-state index contributed by atoms with van der Waals surface area (Å²) >= 11 is 0. The summed E-state index contributed by atoms with van der Waals surface area (Å²) in [5.74, 6) is -1.91. The molecule has 4 aromatic rings. The summed E-state index contributed by atoms with van der Waals surface area (Å²) in [5.41, 5.74) is 11.2. The maximum Gasteiger partial charge on any atom is 0.441 e. The Labute approximate surface area is 271 Å². The number of guanidine groups is 1. The monoisotopic (exact) mass is 638 g/mol. The number of anilines is 1. The average molecular weight is 639 g/mol. The van der Waals surface area contributed by atoms with Gasteiger partial charge in [-0.3, -0.25) is 0 Å². The molecule has 12 heteroatoms. The first-order valence-electron chi connectivity index (χ1n) is 14.6. The van der Waals surface area contributed by atoms with Crippen LogP contribution in [0.1, 0.15) is 29.2 Å². The lowest BCUT2D eigenvalue weighted by Gasteiger charge is -2.22. The fourth-order valence-electron chi connectivity index (χ4n) is 4.21. The number of nitrogens with one attached hydrogen (secondary N) is 1. The zero-order valence-electron chi connectivity index (χ0n) is 25.6. The summed E-state index contributed by atoms with van der Waals surface area (Å²) in [6, 6.07) is 33.6. The van der Waals surface area contributed by atoms with Gasteiger partial charge in [-0.25, -0.2) is 24.1 Å². The third-order valence-corrected chi connectivity index (χ3v) is 6.59. The van der Waals surface area contributed by atoms with Crippen molar-refractivity contribution >= 4 is 35.9 Å². The largest absolute Gasteiger partial charge is 0.444 e. The van der Waals surface area contributed by atoms with Crippen molar-refractivity contribution < 1.29 is 38.2 Å². The molecule has 4 aromatic carbocycles. The van der Waals surface area contributed by atoms with Gasteiger partial charge in [0.15, 0.2) is 0 Å². The predicted molar refractivity (Wildman–Crippen MR) is 173 cm³/mol. The number of amides is 3. The summed E-state index contributed by atoms with van der Waals surface area (Å²) < 4.78 is 15.7. The molecule has 0 aliphatic heterocycles. The molecule has 3 amide bonds. The molecule has 1 atom stereocenters. The highest BCUT2D eigenvalue weighted by molar-refractivity contribution is 6.15. The van der Waals surface area contributed by atoms with Gasteiger partial charge in [-0.1, -0.05) is 110 Å². The van der Waals surface area contributed by atoms with E-state index in [9.17, 15) is 19.2 Å². The minimum atomic E-state index is -1.01. The molecule has 47 heavy (non-hydrogen) atoms. The second-order valence-electron chi connectivity index (χ2n) is 10.2. The first kappa shape index (κ1) is 33.7. The van der Waals surface area contributed by atoms with Crippen molar-refractivity contribution in [3.63, 3.8) is 0 Å². The van der Waals surface area contributed by atoms with Crippen LogP contribution >= 0.6 is 0 Å². The number of rotatable bonds is 10. The summed E-state index contributed by atoms with van der Waals surface area (Å²) in [4.78, 5) is 60.0. The highest BCUT2D eigenvalue weighted by atomic mass is 16.7. The fraction of sp³-hybridized carbons (Fsp3) is 0.171. The van der Waals surface area contributed by atoms with Gasteiger partial charge in [0.25, 0.3) is 0 Å². The van der Waals surface area contributed by atoms with Crippen LogP contribution < -0.4 is 16.1 Å². The van der Waals surface area contributed by atoms with Crippen molar-refractivity contribution in [3.05, 3.63) is 138 Å². The molecule has 0 aromatic heterocycles. The first-order valence-corrected chi connectivity index (χ1v) is 14.6. The lowest BCUT2D eigenvalue weighted by Crippen LogP contribution is -2.43. The predicted octanol–water partition coefficient (Wildman–Crippen LogP) is 6.04. The number of carbonyl (C=O) groups excluding carboxylic acids is 4. The minimum absolute atomic E-state index is 0.00797. The number of carbonyl (C=O) groups is 4. The van der Waals surface area contributed by atoms with Gasteiger partial charge >= 0.3 is 24.2 Å². The third-order valence-electron chi connectivity index (χ3n) is 6.59. The molecule has 0 aliphatic carbocycles. The molecule has 3 N–H and O–H groups in total. The highest BCUT2D eigenvalue weighted by Gasteiger charge is 2.24. The quantitative estimate of drug-likeness (QED) is 0.0913. The lowest BCUT2D eigenvalue weighted by molar-refractivity contribution is -0.154. The van der Waals surface area contributed by atoms with E-state index in [4.69, 9.17) is 24.8 Å². The Morgan fingerprint density at radius 1 is 0.702 bits per heavy atom. The molecule has 0 saturated heterocycles. The minimum Gasteiger partial charge on any atom is -0.444 e. The third kappa shape index (κ3) is 11.0. The number of ether oxygens (including phenoxy) is 3. The number of nitrogens with two attached hydrogens (primary N) is 1. The number of benzene rings is 4. The van der Waals surface area contributed by atoms with Crippen LogP contribution in [0.2, 0.25) is 0 Å². The molecule has 0 bridgehead atoms. The molecule has 0 aliphatic rings. The first-order chi connectivity index (χ1) is 22.8. The van der Waals surface area contributed by atoms with Gasteiger partial charge in [0, 0.05) is 0 Å². The Bertz CT molecular complexity index is 1670. The van der Waals surface area contributed by atoms with Gasteiger partial charge in [0.2, 0.25) is 5.96 Å². The second kappa shape index (κ2) is 17.4. The van der Waals surface area contributed by atoms with Gasteiger partial charge in [-0.05, 0) is 40.8 Å². The van der Waals surface area contributed by atoms with E-state index in [2.05, 4.69) is 4.99 Å². The normalized spacial score (nSPS) is 11.5. The zero-order chi connectivity index (χ0) is 33.4. The van der Waals surface area contributed by atoms with Crippen LogP contribution in [-0.4, -0.2) is 30.2 Å². The lowest BCUT2D eigenvalue weighted by atomic mass is 10.0. The van der Waals surface area contributed by atoms with Crippen molar-refractivity contribution in [1.82, 2.24) is 5.48 Å². The molecule has 0 saturated carbocycles. The van der Waals surface area contributed by atoms with E-state index in [1.165, 1.54) is 0 Å². The Morgan fingerprint density at radius 2 is 1.21 bits per heavy atom. The molecular formula is C35H34N4O8. The number of nitrogens with zero attached hydrogens (tertiary/aromatic N) is 2. The van der Waals surface area contributed by atoms with Crippen LogP contribution in [0.4, 0.5) is 20.1 Å². The van der Waals surface area contributed by atoms with E-state index in [1.807, 2.05) is 35.8 Å². The van der Waals surface area contributed by atoms with E-state index in [0.717, 1.165) is 21.6 Å². The van der Waals surface area contributed by atoms with Gasteiger partial charge in [0.05, 0.1) is 11.6 Å².